The van der Waals surface area contributed by atoms with Crippen molar-refractivity contribution in [2.24, 2.45) is 0 Å². The lowest BCUT2D eigenvalue weighted by Gasteiger charge is -2.14. The third kappa shape index (κ3) is 6.12. The van der Waals surface area contributed by atoms with E-state index in [1.54, 1.807) is 14.2 Å². The average Bonchev–Trinajstić information content (AvgIpc) is 2.62. The Labute approximate surface area is 149 Å². The topological polar surface area (TPSA) is 52.0 Å². The normalized spacial score (nSPS) is 11.6. The smallest absolute Gasteiger partial charge is 0.275 e. The molecule has 25 heavy (non-hydrogen) atoms. The van der Waals surface area contributed by atoms with Crippen molar-refractivity contribution in [1.29, 1.82) is 0 Å². The summed E-state index contributed by atoms with van der Waals surface area (Å²) in [6, 6.07) is 15.8. The van der Waals surface area contributed by atoms with Crippen LogP contribution in [0.4, 0.5) is 0 Å². The Hall–Kier alpha value is -2.53. The van der Waals surface area contributed by atoms with Crippen molar-refractivity contribution in [1.82, 2.24) is 5.32 Å². The predicted octanol–water partition coefficient (Wildman–Crippen LogP) is 1.08. The first-order valence-electron chi connectivity index (χ1n) is 8.45. The van der Waals surface area contributed by atoms with Crippen LogP contribution in [0.5, 0.6) is 11.5 Å². The minimum absolute atomic E-state index is 0.0512. The van der Waals surface area contributed by atoms with Crippen molar-refractivity contribution in [2.75, 3.05) is 34.4 Å². The quantitative estimate of drug-likeness (QED) is 0.716. The number of methoxy groups -OCH3 is 2. The first-order chi connectivity index (χ1) is 12.1. The van der Waals surface area contributed by atoms with Gasteiger partial charge in [-0.05, 0) is 30.2 Å². The van der Waals surface area contributed by atoms with Gasteiger partial charge < -0.3 is 19.7 Å². The fourth-order valence-electron chi connectivity index (χ4n) is 2.78. The summed E-state index contributed by atoms with van der Waals surface area (Å²) in [5.74, 6) is 1.75. The third-order valence-electron chi connectivity index (χ3n) is 4.01. The van der Waals surface area contributed by atoms with Gasteiger partial charge in [-0.25, -0.2) is 0 Å². The van der Waals surface area contributed by atoms with E-state index in [4.69, 9.17) is 9.47 Å². The van der Waals surface area contributed by atoms with Crippen molar-refractivity contribution in [2.45, 2.75) is 13.0 Å². The SMILES string of the molecule is COc1cccc(C[NH+](C)CC(=O)NCCc2ccccc2OC)c1. The number of para-hydroxylation sites is 1. The molecule has 1 unspecified atom stereocenters. The molecule has 2 aromatic carbocycles. The molecule has 0 aliphatic carbocycles. The molecule has 0 radical (unpaired) electrons. The summed E-state index contributed by atoms with van der Waals surface area (Å²) in [6.45, 7) is 1.81. The summed E-state index contributed by atoms with van der Waals surface area (Å²) in [4.78, 5) is 13.3. The van der Waals surface area contributed by atoms with Crippen molar-refractivity contribution in [3.63, 3.8) is 0 Å². The predicted molar refractivity (Wildman–Crippen MR) is 98.2 cm³/mol. The molecule has 0 bridgehead atoms. The highest BCUT2D eigenvalue weighted by atomic mass is 16.5. The molecule has 1 atom stereocenters. The Kier molecular flexibility index (Phi) is 7.29. The highest BCUT2D eigenvalue weighted by molar-refractivity contribution is 5.76. The number of nitrogens with one attached hydrogen (secondary N) is 2. The molecule has 134 valence electrons. The standard InChI is InChI=1S/C20H26N2O3/c1-22(14-16-7-6-9-18(13-16)24-2)15-20(23)21-12-11-17-8-4-5-10-19(17)25-3/h4-10,13H,11-12,14-15H2,1-3H3,(H,21,23)/p+1. The van der Waals surface area contributed by atoms with Crippen molar-refractivity contribution < 1.29 is 19.2 Å². The molecule has 1 amide bonds. The van der Waals surface area contributed by atoms with Gasteiger partial charge in [-0.2, -0.15) is 0 Å². The molecule has 0 aromatic heterocycles. The van der Waals surface area contributed by atoms with E-state index in [1.807, 2.05) is 55.6 Å². The van der Waals surface area contributed by atoms with Gasteiger partial charge in [0.2, 0.25) is 0 Å². The fourth-order valence-corrected chi connectivity index (χ4v) is 2.78. The van der Waals surface area contributed by atoms with Gasteiger partial charge in [0.1, 0.15) is 18.0 Å². The number of benzene rings is 2. The molecule has 0 saturated carbocycles. The molecule has 5 nitrogen and oxygen atoms in total. The number of rotatable bonds is 9. The molecule has 0 aliphatic heterocycles. The van der Waals surface area contributed by atoms with Crippen molar-refractivity contribution in [3.05, 3.63) is 59.7 Å². The van der Waals surface area contributed by atoms with Gasteiger partial charge in [-0.3, -0.25) is 4.79 Å². The van der Waals surface area contributed by atoms with Crippen LogP contribution in [0.2, 0.25) is 0 Å². The number of carbonyl (C=O) groups excluding carboxylic acids is 1. The van der Waals surface area contributed by atoms with Crippen LogP contribution >= 0.6 is 0 Å². The van der Waals surface area contributed by atoms with Gasteiger partial charge in [0.25, 0.3) is 5.91 Å². The second kappa shape index (κ2) is 9.69. The zero-order chi connectivity index (χ0) is 18.1. The zero-order valence-corrected chi connectivity index (χ0v) is 15.2. The Balaban J connectivity index is 1.75. The Bertz CT molecular complexity index is 688. The Morgan fingerprint density at radius 2 is 1.88 bits per heavy atom. The van der Waals surface area contributed by atoms with Gasteiger partial charge in [-0.1, -0.05) is 30.3 Å². The molecule has 0 fully saturated rings. The maximum Gasteiger partial charge on any atom is 0.275 e. The molecule has 0 heterocycles. The van der Waals surface area contributed by atoms with E-state index in [0.717, 1.165) is 40.5 Å². The number of hydrogen-bond donors (Lipinski definition) is 2. The van der Waals surface area contributed by atoms with Crippen LogP contribution in [0.3, 0.4) is 0 Å². The summed E-state index contributed by atoms with van der Waals surface area (Å²) in [6.07, 6.45) is 0.755. The maximum atomic E-state index is 12.1. The fraction of sp³-hybridized carbons (Fsp3) is 0.350. The van der Waals surface area contributed by atoms with Gasteiger partial charge in [-0.15, -0.1) is 0 Å². The van der Waals surface area contributed by atoms with Crippen LogP contribution in [-0.4, -0.2) is 40.3 Å². The lowest BCUT2D eigenvalue weighted by Crippen LogP contribution is -3.08. The summed E-state index contributed by atoms with van der Waals surface area (Å²) in [5.41, 5.74) is 2.25. The van der Waals surface area contributed by atoms with E-state index in [-0.39, 0.29) is 5.91 Å². The highest BCUT2D eigenvalue weighted by Crippen LogP contribution is 2.17. The molecule has 2 N–H and O–H groups in total. The van der Waals surface area contributed by atoms with Gasteiger partial charge in [0.05, 0.1) is 21.3 Å². The second-order valence-corrected chi connectivity index (χ2v) is 6.07. The number of quaternary nitrogens is 1. The summed E-state index contributed by atoms with van der Waals surface area (Å²) >= 11 is 0. The van der Waals surface area contributed by atoms with Crippen molar-refractivity contribution >= 4 is 5.91 Å². The average molecular weight is 343 g/mol. The third-order valence-corrected chi connectivity index (χ3v) is 4.01. The molecule has 2 aromatic rings. The zero-order valence-electron chi connectivity index (χ0n) is 15.2. The summed E-state index contributed by atoms with van der Waals surface area (Å²) in [5, 5.41) is 2.98. The first-order valence-corrected chi connectivity index (χ1v) is 8.45. The molecule has 0 spiro atoms. The van der Waals surface area contributed by atoms with Gasteiger partial charge >= 0.3 is 0 Å². The van der Waals surface area contributed by atoms with Gasteiger partial charge in [0, 0.05) is 12.1 Å². The van der Waals surface area contributed by atoms with Gasteiger partial charge in [0.15, 0.2) is 6.54 Å². The molecule has 2 rings (SSSR count). The lowest BCUT2D eigenvalue weighted by molar-refractivity contribution is -0.885. The van der Waals surface area contributed by atoms with E-state index < -0.39 is 0 Å². The largest absolute Gasteiger partial charge is 0.497 e. The lowest BCUT2D eigenvalue weighted by atomic mass is 10.1. The number of amides is 1. The molecular weight excluding hydrogens is 316 g/mol. The number of carbonyl (C=O) groups is 1. The highest BCUT2D eigenvalue weighted by Gasteiger charge is 2.11. The summed E-state index contributed by atoms with van der Waals surface area (Å²) in [7, 11) is 5.33. The van der Waals surface area contributed by atoms with E-state index in [2.05, 4.69) is 5.32 Å². The molecular formula is C20H27N2O3+. The number of hydrogen-bond acceptors (Lipinski definition) is 3. The monoisotopic (exact) mass is 343 g/mol. The van der Waals surface area contributed by atoms with E-state index in [1.165, 1.54) is 0 Å². The Morgan fingerprint density at radius 3 is 2.64 bits per heavy atom. The van der Waals surface area contributed by atoms with Crippen LogP contribution < -0.4 is 19.7 Å². The van der Waals surface area contributed by atoms with Crippen LogP contribution in [0.1, 0.15) is 11.1 Å². The van der Waals surface area contributed by atoms with Crippen LogP contribution in [0.25, 0.3) is 0 Å². The number of ether oxygens (including phenoxy) is 2. The van der Waals surface area contributed by atoms with Crippen LogP contribution in [0.15, 0.2) is 48.5 Å². The first kappa shape index (κ1) is 18.8. The van der Waals surface area contributed by atoms with Crippen LogP contribution in [0, 0.1) is 0 Å². The maximum absolute atomic E-state index is 12.1. The Morgan fingerprint density at radius 1 is 1.08 bits per heavy atom. The number of likely N-dealkylation sites (N-methyl/N-ethyl adjacent to an activating group) is 1. The van der Waals surface area contributed by atoms with E-state index in [0.29, 0.717) is 13.1 Å². The van der Waals surface area contributed by atoms with Crippen LogP contribution in [-0.2, 0) is 17.8 Å². The second-order valence-electron chi connectivity index (χ2n) is 6.07. The van der Waals surface area contributed by atoms with E-state index in [9.17, 15) is 4.79 Å². The molecule has 0 saturated heterocycles. The van der Waals surface area contributed by atoms with E-state index >= 15 is 0 Å². The van der Waals surface area contributed by atoms with Crippen molar-refractivity contribution in [3.8, 4) is 11.5 Å². The summed E-state index contributed by atoms with van der Waals surface area (Å²) < 4.78 is 10.6. The molecule has 5 heteroatoms. The minimum Gasteiger partial charge on any atom is -0.497 e. The molecule has 0 aliphatic rings. The minimum atomic E-state index is 0.0512.